The molecule has 0 unspecified atom stereocenters. The standard InChI is InChI=1S/C12H24N2O3/c1-6-12(4,5)7-13-11(17)14-9(8(2)3)10(15)16/h8-9H,6-7H2,1-5H3,(H,15,16)(H2,13,14,17)/t9-/m0/s1. The molecular formula is C12H24N2O3. The number of amides is 2. The van der Waals surface area contributed by atoms with Crippen molar-refractivity contribution in [3.63, 3.8) is 0 Å². The maximum Gasteiger partial charge on any atom is 0.326 e. The van der Waals surface area contributed by atoms with Crippen LogP contribution < -0.4 is 10.6 Å². The number of carboxylic acid groups (broad SMARTS) is 1. The lowest BCUT2D eigenvalue weighted by Gasteiger charge is -2.24. The quantitative estimate of drug-likeness (QED) is 0.667. The number of aliphatic carboxylic acids is 1. The average Bonchev–Trinajstić information content (AvgIpc) is 2.22. The van der Waals surface area contributed by atoms with Crippen LogP contribution in [0, 0.1) is 11.3 Å². The first-order chi connectivity index (χ1) is 7.69. The van der Waals surface area contributed by atoms with Crippen molar-refractivity contribution < 1.29 is 14.7 Å². The molecule has 3 N–H and O–H groups in total. The van der Waals surface area contributed by atoms with Crippen molar-refractivity contribution in [1.82, 2.24) is 10.6 Å². The summed E-state index contributed by atoms with van der Waals surface area (Å²) in [5.74, 6) is -1.15. The Bertz CT molecular complexity index is 275. The first-order valence-electron chi connectivity index (χ1n) is 5.97. The van der Waals surface area contributed by atoms with E-state index in [9.17, 15) is 9.59 Å². The van der Waals surface area contributed by atoms with E-state index in [0.717, 1.165) is 6.42 Å². The van der Waals surface area contributed by atoms with Crippen LogP contribution in [0.1, 0.15) is 41.0 Å². The molecule has 0 heterocycles. The van der Waals surface area contributed by atoms with E-state index >= 15 is 0 Å². The van der Waals surface area contributed by atoms with Crippen LogP contribution in [0.3, 0.4) is 0 Å². The Labute approximate surface area is 103 Å². The van der Waals surface area contributed by atoms with Crippen molar-refractivity contribution in [2.45, 2.75) is 47.1 Å². The Morgan fingerprint density at radius 1 is 1.29 bits per heavy atom. The molecule has 0 aromatic rings. The van der Waals surface area contributed by atoms with Crippen molar-refractivity contribution >= 4 is 12.0 Å². The van der Waals surface area contributed by atoms with Gasteiger partial charge in [-0.1, -0.05) is 34.6 Å². The number of hydrogen-bond acceptors (Lipinski definition) is 2. The highest BCUT2D eigenvalue weighted by atomic mass is 16.4. The molecule has 0 radical (unpaired) electrons. The van der Waals surface area contributed by atoms with Gasteiger partial charge in [-0.15, -0.1) is 0 Å². The zero-order chi connectivity index (χ0) is 13.6. The largest absolute Gasteiger partial charge is 0.480 e. The second-order valence-corrected chi connectivity index (χ2v) is 5.40. The predicted molar refractivity (Wildman–Crippen MR) is 66.9 cm³/mol. The van der Waals surface area contributed by atoms with Gasteiger partial charge in [0.1, 0.15) is 6.04 Å². The molecular weight excluding hydrogens is 220 g/mol. The molecule has 0 spiro atoms. The Morgan fingerprint density at radius 3 is 2.18 bits per heavy atom. The molecule has 17 heavy (non-hydrogen) atoms. The minimum atomic E-state index is -1.01. The van der Waals surface area contributed by atoms with Gasteiger partial charge < -0.3 is 15.7 Å². The van der Waals surface area contributed by atoms with Gasteiger partial charge in [0, 0.05) is 6.54 Å². The van der Waals surface area contributed by atoms with Gasteiger partial charge in [-0.2, -0.15) is 0 Å². The summed E-state index contributed by atoms with van der Waals surface area (Å²) in [4.78, 5) is 22.4. The van der Waals surface area contributed by atoms with E-state index in [1.54, 1.807) is 13.8 Å². The van der Waals surface area contributed by atoms with E-state index < -0.39 is 18.0 Å². The number of rotatable bonds is 6. The molecule has 0 aromatic heterocycles. The lowest BCUT2D eigenvalue weighted by Crippen LogP contribution is -2.50. The summed E-state index contributed by atoms with van der Waals surface area (Å²) >= 11 is 0. The second-order valence-electron chi connectivity index (χ2n) is 5.40. The zero-order valence-corrected chi connectivity index (χ0v) is 11.3. The van der Waals surface area contributed by atoms with Crippen LogP contribution in [0.15, 0.2) is 0 Å². The van der Waals surface area contributed by atoms with Gasteiger partial charge in [0.05, 0.1) is 0 Å². The van der Waals surface area contributed by atoms with Crippen LogP contribution in [0.25, 0.3) is 0 Å². The molecule has 5 nitrogen and oxygen atoms in total. The number of carbonyl (C=O) groups is 2. The molecule has 0 aliphatic carbocycles. The van der Waals surface area contributed by atoms with E-state index in [1.165, 1.54) is 0 Å². The van der Waals surface area contributed by atoms with Gasteiger partial charge in [-0.25, -0.2) is 9.59 Å². The van der Waals surface area contributed by atoms with Crippen LogP contribution in [0.4, 0.5) is 4.79 Å². The van der Waals surface area contributed by atoms with Crippen LogP contribution >= 0.6 is 0 Å². The summed E-state index contributed by atoms with van der Waals surface area (Å²) in [6.07, 6.45) is 0.944. The van der Waals surface area contributed by atoms with Gasteiger partial charge >= 0.3 is 12.0 Å². The Kier molecular flexibility index (Phi) is 5.99. The Morgan fingerprint density at radius 2 is 1.82 bits per heavy atom. The van der Waals surface area contributed by atoms with Crippen LogP contribution in [0.5, 0.6) is 0 Å². The minimum Gasteiger partial charge on any atom is -0.480 e. The van der Waals surface area contributed by atoms with Gasteiger partial charge in [0.2, 0.25) is 0 Å². The van der Waals surface area contributed by atoms with E-state index in [2.05, 4.69) is 10.6 Å². The zero-order valence-electron chi connectivity index (χ0n) is 11.3. The van der Waals surface area contributed by atoms with Crippen molar-refractivity contribution in [2.75, 3.05) is 6.54 Å². The molecule has 5 heteroatoms. The van der Waals surface area contributed by atoms with Crippen LogP contribution in [0.2, 0.25) is 0 Å². The normalized spacial score (nSPS) is 13.3. The van der Waals surface area contributed by atoms with Crippen molar-refractivity contribution in [1.29, 1.82) is 0 Å². The molecule has 0 aromatic carbocycles. The average molecular weight is 244 g/mol. The Hall–Kier alpha value is -1.26. The molecule has 2 amide bonds. The van der Waals surface area contributed by atoms with Gasteiger partial charge in [0.15, 0.2) is 0 Å². The lowest BCUT2D eigenvalue weighted by atomic mass is 9.90. The highest BCUT2D eigenvalue weighted by molar-refractivity contribution is 5.82. The van der Waals surface area contributed by atoms with Crippen molar-refractivity contribution in [3.05, 3.63) is 0 Å². The molecule has 0 bridgehead atoms. The number of nitrogens with one attached hydrogen (secondary N) is 2. The summed E-state index contributed by atoms with van der Waals surface area (Å²) < 4.78 is 0. The minimum absolute atomic E-state index is 0.0217. The molecule has 0 fully saturated rings. The number of carboxylic acids is 1. The van der Waals surface area contributed by atoms with E-state index in [0.29, 0.717) is 6.54 Å². The fourth-order valence-electron chi connectivity index (χ4n) is 1.15. The van der Waals surface area contributed by atoms with Gasteiger partial charge in [-0.05, 0) is 17.8 Å². The summed E-state index contributed by atoms with van der Waals surface area (Å²) in [5, 5.41) is 14.1. The highest BCUT2D eigenvalue weighted by Gasteiger charge is 2.24. The molecule has 0 rings (SSSR count). The van der Waals surface area contributed by atoms with Gasteiger partial charge in [0.25, 0.3) is 0 Å². The fraction of sp³-hybridized carbons (Fsp3) is 0.833. The monoisotopic (exact) mass is 244 g/mol. The lowest BCUT2D eigenvalue weighted by molar-refractivity contribution is -0.140. The van der Waals surface area contributed by atoms with E-state index in [1.807, 2.05) is 20.8 Å². The van der Waals surface area contributed by atoms with Crippen LogP contribution in [-0.2, 0) is 4.79 Å². The fourth-order valence-corrected chi connectivity index (χ4v) is 1.15. The molecule has 1 atom stereocenters. The summed E-state index contributed by atoms with van der Waals surface area (Å²) in [7, 11) is 0. The molecule has 0 aliphatic heterocycles. The van der Waals surface area contributed by atoms with E-state index in [-0.39, 0.29) is 11.3 Å². The van der Waals surface area contributed by atoms with Crippen LogP contribution in [-0.4, -0.2) is 29.7 Å². The smallest absolute Gasteiger partial charge is 0.326 e. The van der Waals surface area contributed by atoms with Crippen molar-refractivity contribution in [3.8, 4) is 0 Å². The summed E-state index contributed by atoms with van der Waals surface area (Å²) in [6, 6.07) is -1.27. The molecule has 0 saturated carbocycles. The maximum atomic E-state index is 11.5. The maximum absolute atomic E-state index is 11.5. The van der Waals surface area contributed by atoms with E-state index in [4.69, 9.17) is 5.11 Å². The Balaban J connectivity index is 4.21. The summed E-state index contributed by atoms with van der Waals surface area (Å²) in [6.45, 7) is 10.2. The number of carbonyl (C=O) groups excluding carboxylic acids is 1. The molecule has 100 valence electrons. The first kappa shape index (κ1) is 15.7. The third kappa shape index (κ3) is 6.14. The molecule has 0 aliphatic rings. The molecule has 0 saturated heterocycles. The SMILES string of the molecule is CCC(C)(C)CNC(=O)N[C@H](C(=O)O)C(C)C. The predicted octanol–water partition coefficient (Wildman–Crippen LogP) is 1.83. The third-order valence-corrected chi connectivity index (χ3v) is 2.90. The van der Waals surface area contributed by atoms with Gasteiger partial charge in [-0.3, -0.25) is 0 Å². The number of hydrogen-bond donors (Lipinski definition) is 3. The highest BCUT2D eigenvalue weighted by Crippen LogP contribution is 2.17. The first-order valence-corrected chi connectivity index (χ1v) is 5.97. The third-order valence-electron chi connectivity index (χ3n) is 2.90. The summed E-state index contributed by atoms with van der Waals surface area (Å²) in [5.41, 5.74) is 0.0217. The van der Waals surface area contributed by atoms with Crippen molar-refractivity contribution in [2.24, 2.45) is 11.3 Å². The second kappa shape index (κ2) is 6.47. The number of urea groups is 1. The topological polar surface area (TPSA) is 78.4 Å².